The average molecular weight is 496 g/mol. The number of ether oxygens (including phenoxy) is 1. The highest BCUT2D eigenvalue weighted by atomic mass is 32.1. The Morgan fingerprint density at radius 3 is 2.51 bits per heavy atom. The summed E-state index contributed by atoms with van der Waals surface area (Å²) in [5.74, 6) is -0.320. The third kappa shape index (κ3) is 6.30. The molecule has 3 aromatic rings. The first kappa shape index (κ1) is 24.5. The molecule has 2 heterocycles. The van der Waals surface area contributed by atoms with Gasteiger partial charge in [-0.3, -0.25) is 14.4 Å². The van der Waals surface area contributed by atoms with Crippen molar-refractivity contribution in [1.29, 1.82) is 0 Å². The van der Waals surface area contributed by atoms with Crippen molar-refractivity contribution >= 4 is 29.1 Å². The minimum absolute atomic E-state index is 0.0978. The van der Waals surface area contributed by atoms with Gasteiger partial charge in [0.2, 0.25) is 11.8 Å². The Labute approximate surface area is 208 Å². The molecule has 0 unspecified atom stereocenters. The highest BCUT2D eigenvalue weighted by Crippen LogP contribution is 2.28. The predicted molar refractivity (Wildman–Crippen MR) is 132 cm³/mol. The van der Waals surface area contributed by atoms with E-state index in [1.165, 1.54) is 28.6 Å². The van der Waals surface area contributed by atoms with Gasteiger partial charge in [0.25, 0.3) is 5.91 Å². The third-order valence-electron chi connectivity index (χ3n) is 6.06. The van der Waals surface area contributed by atoms with Gasteiger partial charge in [-0.1, -0.05) is 31.0 Å². The molecule has 1 saturated carbocycles. The molecule has 0 radical (unpaired) electrons. The molecule has 9 heteroatoms. The van der Waals surface area contributed by atoms with Crippen LogP contribution in [0.1, 0.15) is 52.7 Å². The van der Waals surface area contributed by atoms with E-state index in [-0.39, 0.29) is 36.7 Å². The fourth-order valence-electron chi connectivity index (χ4n) is 4.26. The minimum Gasteiger partial charge on any atom is -0.497 e. The lowest BCUT2D eigenvalue weighted by molar-refractivity contribution is -0.141. The maximum atomic E-state index is 13.6. The van der Waals surface area contributed by atoms with Gasteiger partial charge in [-0.05, 0) is 54.1 Å². The van der Waals surface area contributed by atoms with Crippen molar-refractivity contribution in [3.63, 3.8) is 0 Å². The summed E-state index contributed by atoms with van der Waals surface area (Å²) >= 11 is 1.51. The summed E-state index contributed by atoms with van der Waals surface area (Å²) in [5, 5.41) is 7.68. The largest absolute Gasteiger partial charge is 0.497 e. The molecule has 1 aliphatic carbocycles. The molecule has 1 atom stereocenters. The van der Waals surface area contributed by atoms with Gasteiger partial charge < -0.3 is 24.7 Å². The Balaban J connectivity index is 1.61. The first-order chi connectivity index (χ1) is 17.0. The maximum Gasteiger partial charge on any atom is 0.287 e. The van der Waals surface area contributed by atoms with Crippen LogP contribution in [0.2, 0.25) is 0 Å². The zero-order valence-electron chi connectivity index (χ0n) is 19.6. The lowest BCUT2D eigenvalue weighted by Crippen LogP contribution is -2.48. The Bertz CT molecular complexity index is 1110. The molecule has 0 saturated heterocycles. The van der Waals surface area contributed by atoms with Gasteiger partial charge in [-0.15, -0.1) is 11.3 Å². The molecular weight excluding hydrogens is 466 g/mol. The smallest absolute Gasteiger partial charge is 0.287 e. The second-order valence-corrected chi connectivity index (χ2v) is 9.46. The van der Waals surface area contributed by atoms with Crippen LogP contribution in [-0.4, -0.2) is 42.3 Å². The molecule has 0 bridgehead atoms. The van der Waals surface area contributed by atoms with Crippen molar-refractivity contribution in [2.24, 2.45) is 0 Å². The number of carbonyl (C=O) groups is 3. The fraction of sp³-hybridized carbons (Fsp3) is 0.346. The molecule has 8 nitrogen and oxygen atoms in total. The van der Waals surface area contributed by atoms with Gasteiger partial charge in [-0.2, -0.15) is 0 Å². The second-order valence-electron chi connectivity index (χ2n) is 8.43. The number of thiophene rings is 1. The van der Waals surface area contributed by atoms with Crippen LogP contribution in [-0.2, 0) is 16.1 Å². The number of carbonyl (C=O) groups excluding carboxylic acids is 3. The van der Waals surface area contributed by atoms with Crippen molar-refractivity contribution < 1.29 is 23.5 Å². The second kappa shape index (κ2) is 11.7. The summed E-state index contributed by atoms with van der Waals surface area (Å²) in [6.07, 6.45) is 5.41. The van der Waals surface area contributed by atoms with E-state index in [9.17, 15) is 14.4 Å². The van der Waals surface area contributed by atoms with E-state index >= 15 is 0 Å². The predicted octanol–water partition coefficient (Wildman–Crippen LogP) is 3.91. The van der Waals surface area contributed by atoms with Gasteiger partial charge in [0, 0.05) is 10.9 Å². The van der Waals surface area contributed by atoms with Gasteiger partial charge in [0.15, 0.2) is 5.76 Å². The van der Waals surface area contributed by atoms with Crippen LogP contribution in [0.5, 0.6) is 5.75 Å². The molecule has 3 amide bonds. The standard InChI is InChI=1S/C26H29N3O5S/c1-33-20-12-10-18(11-13-20)24(26(32)28-19-6-2-3-7-19)29(17-21-8-5-15-35-21)23(30)16-27-25(31)22-9-4-14-34-22/h4-5,8-15,19,24H,2-3,6-7,16-17H2,1H3,(H,27,31)(H,28,32)/t24-/m1/s1. The fourth-order valence-corrected chi connectivity index (χ4v) is 4.96. The van der Waals surface area contributed by atoms with E-state index in [0.717, 1.165) is 30.6 Å². The van der Waals surface area contributed by atoms with E-state index in [1.807, 2.05) is 17.5 Å². The van der Waals surface area contributed by atoms with Crippen LogP contribution >= 0.6 is 11.3 Å². The van der Waals surface area contributed by atoms with Crippen LogP contribution in [0.25, 0.3) is 0 Å². The summed E-state index contributed by atoms with van der Waals surface area (Å²) in [6.45, 7) is -0.0316. The molecule has 1 fully saturated rings. The summed E-state index contributed by atoms with van der Waals surface area (Å²) in [4.78, 5) is 41.9. The molecule has 35 heavy (non-hydrogen) atoms. The molecule has 184 valence electrons. The molecule has 0 aliphatic heterocycles. The molecule has 2 aromatic heterocycles. The van der Waals surface area contributed by atoms with Crippen LogP contribution in [0.4, 0.5) is 0 Å². The topological polar surface area (TPSA) is 101 Å². The van der Waals surface area contributed by atoms with Crippen LogP contribution in [0.3, 0.4) is 0 Å². The van der Waals surface area contributed by atoms with Crippen molar-refractivity contribution in [2.45, 2.75) is 44.3 Å². The van der Waals surface area contributed by atoms with Crippen molar-refractivity contribution in [1.82, 2.24) is 15.5 Å². The van der Waals surface area contributed by atoms with E-state index in [0.29, 0.717) is 11.3 Å². The highest BCUT2D eigenvalue weighted by Gasteiger charge is 2.33. The van der Waals surface area contributed by atoms with Crippen molar-refractivity contribution in [3.05, 3.63) is 76.4 Å². The Hall–Kier alpha value is -3.59. The third-order valence-corrected chi connectivity index (χ3v) is 6.93. The quantitative estimate of drug-likeness (QED) is 0.444. The van der Waals surface area contributed by atoms with E-state index in [1.54, 1.807) is 37.4 Å². The van der Waals surface area contributed by atoms with Gasteiger partial charge in [-0.25, -0.2) is 0 Å². The van der Waals surface area contributed by atoms with Crippen LogP contribution in [0.15, 0.2) is 64.6 Å². The number of nitrogens with zero attached hydrogens (tertiary/aromatic N) is 1. The lowest BCUT2D eigenvalue weighted by atomic mass is 10.0. The molecule has 1 aliphatic rings. The number of rotatable bonds is 10. The zero-order chi connectivity index (χ0) is 24.6. The van der Waals surface area contributed by atoms with Crippen LogP contribution < -0.4 is 15.4 Å². The highest BCUT2D eigenvalue weighted by molar-refractivity contribution is 7.09. The first-order valence-electron chi connectivity index (χ1n) is 11.6. The van der Waals surface area contributed by atoms with Crippen molar-refractivity contribution in [3.8, 4) is 5.75 Å². The van der Waals surface area contributed by atoms with Crippen LogP contribution in [0, 0.1) is 0 Å². The van der Waals surface area contributed by atoms with Gasteiger partial charge in [0.1, 0.15) is 11.8 Å². The summed E-state index contributed by atoms with van der Waals surface area (Å²) in [6, 6.07) is 13.3. The summed E-state index contributed by atoms with van der Waals surface area (Å²) in [7, 11) is 1.58. The Morgan fingerprint density at radius 1 is 1.11 bits per heavy atom. The number of furan rings is 1. The zero-order valence-corrected chi connectivity index (χ0v) is 20.4. The van der Waals surface area contributed by atoms with E-state index in [2.05, 4.69) is 10.6 Å². The Morgan fingerprint density at radius 2 is 1.89 bits per heavy atom. The number of amides is 3. The van der Waals surface area contributed by atoms with E-state index < -0.39 is 11.9 Å². The lowest BCUT2D eigenvalue weighted by Gasteiger charge is -2.32. The number of nitrogens with one attached hydrogen (secondary N) is 2. The van der Waals surface area contributed by atoms with Gasteiger partial charge >= 0.3 is 0 Å². The number of hydrogen-bond donors (Lipinski definition) is 2. The molecule has 0 spiro atoms. The number of benzene rings is 1. The maximum absolute atomic E-state index is 13.6. The molecule has 1 aromatic carbocycles. The number of methoxy groups -OCH3 is 1. The Kier molecular flexibility index (Phi) is 8.20. The normalized spacial score (nSPS) is 14.3. The number of hydrogen-bond acceptors (Lipinski definition) is 6. The molecule has 2 N–H and O–H groups in total. The van der Waals surface area contributed by atoms with E-state index in [4.69, 9.17) is 9.15 Å². The minimum atomic E-state index is -0.864. The summed E-state index contributed by atoms with van der Waals surface area (Å²) < 4.78 is 10.4. The van der Waals surface area contributed by atoms with Crippen molar-refractivity contribution in [2.75, 3.05) is 13.7 Å². The summed E-state index contributed by atoms with van der Waals surface area (Å²) in [5.41, 5.74) is 0.670. The molecule has 4 rings (SSSR count). The monoisotopic (exact) mass is 495 g/mol. The van der Waals surface area contributed by atoms with Gasteiger partial charge in [0.05, 0.1) is 26.5 Å². The SMILES string of the molecule is COc1ccc([C@H](C(=O)NC2CCCC2)N(Cc2cccs2)C(=O)CNC(=O)c2ccco2)cc1. The molecular formula is C26H29N3O5S. The average Bonchev–Trinajstić information content (AvgIpc) is 3.66. The first-order valence-corrected chi connectivity index (χ1v) is 12.5.